The summed E-state index contributed by atoms with van der Waals surface area (Å²) in [6, 6.07) is 8.21. The van der Waals surface area contributed by atoms with E-state index in [9.17, 15) is 4.79 Å². The molecule has 2 rings (SSSR count). The Balaban J connectivity index is 2.59. The molecule has 3 heteroatoms. The van der Waals surface area contributed by atoms with Crippen LogP contribution in [0.1, 0.15) is 12.6 Å². The third-order valence-electron chi connectivity index (χ3n) is 2.54. The zero-order chi connectivity index (χ0) is 11.0. The van der Waals surface area contributed by atoms with Crippen molar-refractivity contribution in [3.05, 3.63) is 34.4 Å². The van der Waals surface area contributed by atoms with Crippen molar-refractivity contribution in [2.75, 3.05) is 0 Å². The minimum atomic E-state index is 0.194. The number of carbonyl (C=O) groups excluding carboxylic acids is 1. The number of Topliss-reactive ketones (excluding diaryl/α,β-unsaturated/α-hetero) is 1. The molecule has 0 aliphatic heterocycles. The molecule has 15 heavy (non-hydrogen) atoms. The molecule has 0 aliphatic rings. The van der Waals surface area contributed by atoms with Gasteiger partial charge in [0.2, 0.25) is 0 Å². The summed E-state index contributed by atoms with van der Waals surface area (Å²) in [5.74, 6) is 0.194. The van der Waals surface area contributed by atoms with Gasteiger partial charge in [-0.3, -0.25) is 4.79 Å². The Labute approximate surface area is 97.0 Å². The van der Waals surface area contributed by atoms with Gasteiger partial charge >= 0.3 is 0 Å². The first-order valence-electron chi connectivity index (χ1n) is 4.81. The van der Waals surface area contributed by atoms with Crippen LogP contribution in [0.4, 0.5) is 0 Å². The summed E-state index contributed by atoms with van der Waals surface area (Å²) in [6.45, 7) is 1.62. The van der Waals surface area contributed by atoms with Gasteiger partial charge in [0.05, 0.1) is 0 Å². The summed E-state index contributed by atoms with van der Waals surface area (Å²) < 4.78 is 3.13. The summed E-state index contributed by atoms with van der Waals surface area (Å²) >= 11 is 3.45. The normalized spacial score (nSPS) is 10.9. The van der Waals surface area contributed by atoms with Crippen LogP contribution in [0.15, 0.2) is 28.7 Å². The Morgan fingerprint density at radius 1 is 1.40 bits per heavy atom. The number of hydrogen-bond donors (Lipinski definition) is 0. The largest absolute Gasteiger partial charge is 0.347 e. The highest BCUT2D eigenvalue weighted by molar-refractivity contribution is 9.10. The van der Waals surface area contributed by atoms with Crippen molar-refractivity contribution in [1.29, 1.82) is 0 Å². The second kappa shape index (κ2) is 3.81. The number of fused-ring (bicyclic) bond motifs is 1. The Morgan fingerprint density at radius 2 is 2.13 bits per heavy atom. The molecule has 78 valence electrons. The smallest absolute Gasteiger partial charge is 0.135 e. The molecular formula is C12H12BrNO. The van der Waals surface area contributed by atoms with Crippen LogP contribution in [0.25, 0.3) is 10.9 Å². The summed E-state index contributed by atoms with van der Waals surface area (Å²) in [7, 11) is 1.99. The van der Waals surface area contributed by atoms with E-state index < -0.39 is 0 Å². The molecule has 0 spiro atoms. The molecule has 0 saturated carbocycles. The van der Waals surface area contributed by atoms with E-state index >= 15 is 0 Å². The Morgan fingerprint density at radius 3 is 2.80 bits per heavy atom. The topological polar surface area (TPSA) is 22.0 Å². The molecule has 1 aromatic carbocycles. The first-order chi connectivity index (χ1) is 7.08. The molecule has 0 amide bonds. The number of nitrogens with zero attached hydrogens (tertiary/aromatic N) is 1. The van der Waals surface area contributed by atoms with Crippen LogP contribution in [-0.4, -0.2) is 10.4 Å². The molecule has 0 aliphatic carbocycles. The van der Waals surface area contributed by atoms with E-state index in [0.717, 1.165) is 15.7 Å². The molecule has 0 bridgehead atoms. The van der Waals surface area contributed by atoms with Crippen molar-refractivity contribution in [3.63, 3.8) is 0 Å². The predicted octanol–water partition coefficient (Wildman–Crippen LogP) is 3.07. The fourth-order valence-corrected chi connectivity index (χ4v) is 2.13. The Kier molecular flexibility index (Phi) is 2.65. The van der Waals surface area contributed by atoms with E-state index in [2.05, 4.69) is 38.7 Å². The zero-order valence-corrected chi connectivity index (χ0v) is 10.3. The van der Waals surface area contributed by atoms with Gasteiger partial charge in [-0.25, -0.2) is 0 Å². The summed E-state index contributed by atoms with van der Waals surface area (Å²) in [6.07, 6.45) is 0.503. The van der Waals surface area contributed by atoms with E-state index in [1.165, 1.54) is 5.39 Å². The maximum absolute atomic E-state index is 11.1. The molecule has 0 unspecified atom stereocenters. The molecular weight excluding hydrogens is 254 g/mol. The van der Waals surface area contributed by atoms with Gasteiger partial charge in [-0.1, -0.05) is 22.0 Å². The lowest BCUT2D eigenvalue weighted by atomic mass is 10.2. The fourth-order valence-electron chi connectivity index (χ4n) is 1.79. The average molecular weight is 266 g/mol. The van der Waals surface area contributed by atoms with Crippen LogP contribution in [0, 0.1) is 0 Å². The SMILES string of the molecule is CC(=O)Cc1cc2ccc(Br)cc2n1C. The monoisotopic (exact) mass is 265 g/mol. The average Bonchev–Trinajstić information content (AvgIpc) is 2.44. The van der Waals surface area contributed by atoms with Crippen LogP contribution in [0.5, 0.6) is 0 Å². The van der Waals surface area contributed by atoms with E-state index in [1.54, 1.807) is 6.92 Å². The van der Waals surface area contributed by atoms with Crippen molar-refractivity contribution in [2.24, 2.45) is 7.05 Å². The minimum Gasteiger partial charge on any atom is -0.347 e. The van der Waals surface area contributed by atoms with Gasteiger partial charge in [0.15, 0.2) is 0 Å². The van der Waals surface area contributed by atoms with Crippen molar-refractivity contribution in [3.8, 4) is 0 Å². The highest BCUT2D eigenvalue weighted by Crippen LogP contribution is 2.23. The molecule has 1 heterocycles. The Bertz CT molecular complexity index is 528. The number of aromatic nitrogens is 1. The number of aryl methyl sites for hydroxylation is 1. The van der Waals surface area contributed by atoms with E-state index in [1.807, 2.05) is 13.1 Å². The van der Waals surface area contributed by atoms with Gasteiger partial charge in [-0.05, 0) is 30.5 Å². The van der Waals surface area contributed by atoms with Crippen LogP contribution in [0.2, 0.25) is 0 Å². The highest BCUT2D eigenvalue weighted by atomic mass is 79.9. The first-order valence-corrected chi connectivity index (χ1v) is 5.60. The van der Waals surface area contributed by atoms with Crippen LogP contribution in [-0.2, 0) is 18.3 Å². The maximum Gasteiger partial charge on any atom is 0.135 e. The molecule has 2 nitrogen and oxygen atoms in total. The third-order valence-corrected chi connectivity index (χ3v) is 3.03. The quantitative estimate of drug-likeness (QED) is 0.818. The van der Waals surface area contributed by atoms with Crippen molar-refractivity contribution in [2.45, 2.75) is 13.3 Å². The van der Waals surface area contributed by atoms with Crippen LogP contribution < -0.4 is 0 Å². The number of ketones is 1. The van der Waals surface area contributed by atoms with Gasteiger partial charge in [-0.15, -0.1) is 0 Å². The predicted molar refractivity (Wildman–Crippen MR) is 65.0 cm³/mol. The lowest BCUT2D eigenvalue weighted by Crippen LogP contribution is -2.02. The van der Waals surface area contributed by atoms with Gasteiger partial charge in [0.25, 0.3) is 0 Å². The lowest BCUT2D eigenvalue weighted by molar-refractivity contribution is -0.116. The minimum absolute atomic E-state index is 0.194. The van der Waals surface area contributed by atoms with Crippen LogP contribution in [0.3, 0.4) is 0 Å². The van der Waals surface area contributed by atoms with Gasteiger partial charge in [0, 0.05) is 29.2 Å². The van der Waals surface area contributed by atoms with Crippen molar-refractivity contribution in [1.82, 2.24) is 4.57 Å². The summed E-state index contributed by atoms with van der Waals surface area (Å²) in [4.78, 5) is 11.1. The van der Waals surface area contributed by atoms with Crippen molar-refractivity contribution < 1.29 is 4.79 Å². The molecule has 0 radical (unpaired) electrons. The van der Waals surface area contributed by atoms with E-state index in [-0.39, 0.29) is 5.78 Å². The molecule has 0 atom stereocenters. The maximum atomic E-state index is 11.1. The molecule has 0 N–H and O–H groups in total. The lowest BCUT2D eigenvalue weighted by Gasteiger charge is -2.01. The van der Waals surface area contributed by atoms with E-state index in [0.29, 0.717) is 6.42 Å². The third kappa shape index (κ3) is 1.97. The number of halogens is 1. The second-order valence-electron chi connectivity index (χ2n) is 3.78. The summed E-state index contributed by atoms with van der Waals surface area (Å²) in [5, 5.41) is 1.18. The first kappa shape index (κ1) is 10.4. The molecule has 2 aromatic rings. The highest BCUT2D eigenvalue weighted by Gasteiger charge is 2.07. The standard InChI is InChI=1S/C12H12BrNO/c1-8(15)5-11-6-9-3-4-10(13)7-12(9)14(11)2/h3-4,6-7H,5H2,1-2H3. The fraction of sp³-hybridized carbons (Fsp3) is 0.250. The van der Waals surface area contributed by atoms with E-state index in [4.69, 9.17) is 0 Å². The Hall–Kier alpha value is -1.09. The second-order valence-corrected chi connectivity index (χ2v) is 4.69. The number of hydrogen-bond acceptors (Lipinski definition) is 1. The number of rotatable bonds is 2. The zero-order valence-electron chi connectivity index (χ0n) is 8.75. The van der Waals surface area contributed by atoms with Gasteiger partial charge in [0.1, 0.15) is 5.78 Å². The molecule has 0 saturated heterocycles. The van der Waals surface area contributed by atoms with Gasteiger partial charge < -0.3 is 4.57 Å². The number of benzene rings is 1. The van der Waals surface area contributed by atoms with Crippen LogP contribution >= 0.6 is 15.9 Å². The molecule has 1 aromatic heterocycles. The molecule has 0 fully saturated rings. The van der Waals surface area contributed by atoms with Crippen molar-refractivity contribution >= 4 is 32.6 Å². The summed E-state index contributed by atoms with van der Waals surface area (Å²) in [5.41, 5.74) is 2.22. The van der Waals surface area contributed by atoms with Gasteiger partial charge in [-0.2, -0.15) is 0 Å². The number of carbonyl (C=O) groups is 1.